The average Bonchev–Trinajstić information content (AvgIpc) is 2.40. The molecule has 0 aromatic heterocycles. The lowest BCUT2D eigenvalue weighted by Gasteiger charge is -2.02. The lowest BCUT2D eigenvalue weighted by Crippen LogP contribution is -1.91. The first-order valence-electron chi connectivity index (χ1n) is 7.49. The second-order valence-electron chi connectivity index (χ2n) is 5.16. The van der Waals surface area contributed by atoms with E-state index in [-0.39, 0.29) is 0 Å². The molecule has 1 aromatic carbocycles. The van der Waals surface area contributed by atoms with Gasteiger partial charge in [-0.25, -0.2) is 0 Å². The summed E-state index contributed by atoms with van der Waals surface area (Å²) in [6.07, 6.45) is 9.56. The highest BCUT2D eigenvalue weighted by molar-refractivity contribution is 8.13. The van der Waals surface area contributed by atoms with Crippen LogP contribution >= 0.6 is 11.8 Å². The molecule has 0 heterocycles. The SMILES string of the molecule is CCCCCCCCCC(=O)Sc1ccc(C)cc1. The minimum Gasteiger partial charge on any atom is -0.287 e. The number of hydrogen-bond donors (Lipinski definition) is 0. The van der Waals surface area contributed by atoms with Crippen molar-refractivity contribution in [3.63, 3.8) is 0 Å². The molecule has 19 heavy (non-hydrogen) atoms. The molecular weight excluding hydrogens is 252 g/mol. The van der Waals surface area contributed by atoms with Gasteiger partial charge in [0.15, 0.2) is 5.12 Å². The van der Waals surface area contributed by atoms with Crippen molar-refractivity contribution in [2.45, 2.75) is 70.1 Å². The van der Waals surface area contributed by atoms with Gasteiger partial charge in [-0.1, -0.05) is 74.9 Å². The number of carbonyl (C=O) groups is 1. The lowest BCUT2D eigenvalue weighted by molar-refractivity contribution is -0.111. The van der Waals surface area contributed by atoms with Gasteiger partial charge in [0, 0.05) is 11.3 Å². The maximum Gasteiger partial charge on any atom is 0.193 e. The minimum atomic E-state index is 0.303. The number of thioether (sulfide) groups is 1. The van der Waals surface area contributed by atoms with E-state index >= 15 is 0 Å². The molecule has 0 bridgehead atoms. The normalized spacial score (nSPS) is 10.6. The largest absolute Gasteiger partial charge is 0.287 e. The third-order valence-electron chi connectivity index (χ3n) is 3.24. The van der Waals surface area contributed by atoms with Crippen molar-refractivity contribution in [2.75, 3.05) is 0 Å². The molecular formula is C17H26OS. The van der Waals surface area contributed by atoms with E-state index in [0.29, 0.717) is 11.5 Å². The Morgan fingerprint density at radius 1 is 0.947 bits per heavy atom. The van der Waals surface area contributed by atoms with Gasteiger partial charge in [0.1, 0.15) is 0 Å². The zero-order valence-corrected chi connectivity index (χ0v) is 13.1. The second-order valence-corrected chi connectivity index (χ2v) is 6.29. The number of hydrogen-bond acceptors (Lipinski definition) is 2. The van der Waals surface area contributed by atoms with Crippen LogP contribution in [0.25, 0.3) is 0 Å². The molecule has 0 unspecified atom stereocenters. The Morgan fingerprint density at radius 3 is 2.16 bits per heavy atom. The van der Waals surface area contributed by atoms with Gasteiger partial charge in [-0.05, 0) is 25.5 Å². The topological polar surface area (TPSA) is 17.1 Å². The summed E-state index contributed by atoms with van der Waals surface area (Å²) in [6, 6.07) is 8.18. The van der Waals surface area contributed by atoms with Gasteiger partial charge in [0.2, 0.25) is 0 Å². The molecule has 106 valence electrons. The number of aryl methyl sites for hydroxylation is 1. The van der Waals surface area contributed by atoms with Gasteiger partial charge in [0.25, 0.3) is 0 Å². The van der Waals surface area contributed by atoms with Crippen LogP contribution < -0.4 is 0 Å². The molecule has 1 aromatic rings. The summed E-state index contributed by atoms with van der Waals surface area (Å²) in [5.74, 6) is 0. The lowest BCUT2D eigenvalue weighted by atomic mass is 10.1. The molecule has 0 radical (unpaired) electrons. The number of carbonyl (C=O) groups excluding carboxylic acids is 1. The number of rotatable bonds is 9. The number of benzene rings is 1. The van der Waals surface area contributed by atoms with Crippen molar-refractivity contribution in [3.05, 3.63) is 29.8 Å². The molecule has 0 aliphatic rings. The molecule has 0 atom stereocenters. The maximum absolute atomic E-state index is 11.8. The van der Waals surface area contributed by atoms with E-state index in [4.69, 9.17) is 0 Å². The van der Waals surface area contributed by atoms with E-state index in [9.17, 15) is 4.79 Å². The second kappa shape index (κ2) is 10.1. The highest BCUT2D eigenvalue weighted by atomic mass is 32.2. The molecule has 0 aliphatic carbocycles. The summed E-state index contributed by atoms with van der Waals surface area (Å²) in [5.41, 5.74) is 1.24. The summed E-state index contributed by atoms with van der Waals surface area (Å²) in [5, 5.41) is 0.303. The predicted molar refractivity (Wildman–Crippen MR) is 84.7 cm³/mol. The van der Waals surface area contributed by atoms with Gasteiger partial charge in [0.05, 0.1) is 0 Å². The Hall–Kier alpha value is -0.760. The van der Waals surface area contributed by atoms with E-state index in [1.54, 1.807) is 0 Å². The smallest absolute Gasteiger partial charge is 0.193 e. The Labute approximate surface area is 122 Å². The van der Waals surface area contributed by atoms with Crippen LogP contribution in [0.3, 0.4) is 0 Å². The van der Waals surface area contributed by atoms with Crippen molar-refractivity contribution in [2.24, 2.45) is 0 Å². The summed E-state index contributed by atoms with van der Waals surface area (Å²) < 4.78 is 0. The fourth-order valence-electron chi connectivity index (χ4n) is 2.02. The van der Waals surface area contributed by atoms with E-state index in [2.05, 4.69) is 26.0 Å². The van der Waals surface area contributed by atoms with Crippen LogP contribution in [0.2, 0.25) is 0 Å². The summed E-state index contributed by atoms with van der Waals surface area (Å²) in [7, 11) is 0. The van der Waals surface area contributed by atoms with Crippen molar-refractivity contribution in [1.82, 2.24) is 0 Å². The van der Waals surface area contributed by atoms with Crippen LogP contribution in [0, 0.1) is 6.92 Å². The third kappa shape index (κ3) is 8.10. The Bertz CT molecular complexity index is 356. The van der Waals surface area contributed by atoms with Crippen molar-refractivity contribution in [1.29, 1.82) is 0 Å². The Morgan fingerprint density at radius 2 is 1.53 bits per heavy atom. The third-order valence-corrected chi connectivity index (χ3v) is 4.18. The van der Waals surface area contributed by atoms with Crippen LogP contribution in [0.4, 0.5) is 0 Å². The van der Waals surface area contributed by atoms with Gasteiger partial charge in [-0.15, -0.1) is 0 Å². The zero-order valence-electron chi connectivity index (χ0n) is 12.3. The average molecular weight is 278 g/mol. The van der Waals surface area contributed by atoms with Crippen molar-refractivity contribution in [3.8, 4) is 0 Å². The summed E-state index contributed by atoms with van der Waals surface area (Å²) in [4.78, 5) is 12.9. The number of unbranched alkanes of at least 4 members (excludes halogenated alkanes) is 6. The molecule has 0 saturated heterocycles. The van der Waals surface area contributed by atoms with E-state index in [1.807, 2.05) is 12.1 Å². The molecule has 0 amide bonds. The van der Waals surface area contributed by atoms with Gasteiger partial charge in [-0.2, -0.15) is 0 Å². The Balaban J connectivity index is 2.06. The van der Waals surface area contributed by atoms with Crippen LogP contribution in [0.5, 0.6) is 0 Å². The molecule has 0 saturated carbocycles. The van der Waals surface area contributed by atoms with E-state index in [0.717, 1.165) is 11.3 Å². The molecule has 0 N–H and O–H groups in total. The fraction of sp³-hybridized carbons (Fsp3) is 0.588. The van der Waals surface area contributed by atoms with Crippen molar-refractivity contribution < 1.29 is 4.79 Å². The van der Waals surface area contributed by atoms with Crippen LogP contribution in [-0.4, -0.2) is 5.12 Å². The standard InChI is InChI=1S/C17H26OS/c1-3-4-5-6-7-8-9-10-17(18)19-16-13-11-15(2)12-14-16/h11-14H,3-10H2,1-2H3. The monoisotopic (exact) mass is 278 g/mol. The van der Waals surface area contributed by atoms with Gasteiger partial charge < -0.3 is 0 Å². The van der Waals surface area contributed by atoms with Crippen LogP contribution in [-0.2, 0) is 4.79 Å². The highest BCUT2D eigenvalue weighted by Crippen LogP contribution is 2.22. The van der Waals surface area contributed by atoms with Crippen LogP contribution in [0.15, 0.2) is 29.2 Å². The summed E-state index contributed by atoms with van der Waals surface area (Å²) >= 11 is 1.39. The highest BCUT2D eigenvalue weighted by Gasteiger charge is 2.04. The maximum atomic E-state index is 11.8. The molecule has 0 fully saturated rings. The predicted octanol–water partition coefficient (Wildman–Crippen LogP) is 5.75. The Kier molecular flexibility index (Phi) is 8.64. The molecule has 0 spiro atoms. The first-order chi connectivity index (χ1) is 9.22. The fourth-order valence-corrected chi connectivity index (χ4v) is 2.80. The molecule has 1 rings (SSSR count). The zero-order chi connectivity index (χ0) is 13.9. The van der Waals surface area contributed by atoms with E-state index in [1.165, 1.54) is 55.9 Å². The van der Waals surface area contributed by atoms with Gasteiger partial charge >= 0.3 is 0 Å². The van der Waals surface area contributed by atoms with Gasteiger partial charge in [-0.3, -0.25) is 4.79 Å². The molecule has 0 aliphatic heterocycles. The molecule has 1 nitrogen and oxygen atoms in total. The molecule has 2 heteroatoms. The quantitative estimate of drug-likeness (QED) is 0.422. The first kappa shape index (κ1) is 16.3. The van der Waals surface area contributed by atoms with Crippen molar-refractivity contribution >= 4 is 16.9 Å². The first-order valence-corrected chi connectivity index (χ1v) is 8.31. The van der Waals surface area contributed by atoms with E-state index < -0.39 is 0 Å². The minimum absolute atomic E-state index is 0.303. The van der Waals surface area contributed by atoms with Crippen LogP contribution in [0.1, 0.15) is 63.9 Å². The summed E-state index contributed by atoms with van der Waals surface area (Å²) in [6.45, 7) is 4.30.